The normalized spacial score (nSPS) is 10.6. The van der Waals surface area contributed by atoms with Crippen molar-refractivity contribution in [3.63, 3.8) is 0 Å². The summed E-state index contributed by atoms with van der Waals surface area (Å²) in [6.45, 7) is 3.17. The number of aromatic nitrogens is 1. The number of aryl methyl sites for hydroxylation is 2. The Morgan fingerprint density at radius 2 is 1.55 bits per heavy atom. The molecule has 4 nitrogen and oxygen atoms in total. The molecule has 0 radical (unpaired) electrons. The van der Waals surface area contributed by atoms with Crippen LogP contribution in [0.15, 0.2) is 29.1 Å². The lowest BCUT2D eigenvalue weighted by atomic mass is 10.1. The summed E-state index contributed by atoms with van der Waals surface area (Å²) in [5.74, 6) is -3.76. The van der Waals surface area contributed by atoms with Crippen LogP contribution in [-0.4, -0.2) is 15.6 Å². The summed E-state index contributed by atoms with van der Waals surface area (Å²) in [4.78, 5) is 22.6. The third-order valence-corrected chi connectivity index (χ3v) is 2.92. The largest absolute Gasteiger partial charge is 0.478 e. The van der Waals surface area contributed by atoms with Gasteiger partial charge >= 0.3 is 5.97 Å². The molecule has 0 fully saturated rings. The molecular weight excluding hydrogens is 268 g/mol. The van der Waals surface area contributed by atoms with Crippen molar-refractivity contribution in [3.8, 4) is 5.69 Å². The van der Waals surface area contributed by atoms with Gasteiger partial charge in [-0.05, 0) is 19.9 Å². The van der Waals surface area contributed by atoms with Gasteiger partial charge in [0.1, 0.15) is 0 Å². The topological polar surface area (TPSA) is 59.3 Å². The van der Waals surface area contributed by atoms with Crippen molar-refractivity contribution in [2.75, 3.05) is 0 Å². The standard InChI is InChI=1S/C14H11F2NO3/c1-7-3-9(18)4-8(2)17(7)13-6-12(16)11(15)5-10(13)14(19)20/h3-6H,1-2H3,(H,19,20). The van der Waals surface area contributed by atoms with E-state index >= 15 is 0 Å². The number of carboxylic acid groups (broad SMARTS) is 1. The number of carboxylic acids is 1. The zero-order chi connectivity index (χ0) is 15.0. The monoisotopic (exact) mass is 279 g/mol. The molecule has 0 bridgehead atoms. The van der Waals surface area contributed by atoms with E-state index in [-0.39, 0.29) is 16.7 Å². The number of nitrogens with zero attached hydrogens (tertiary/aromatic N) is 1. The Balaban J connectivity index is 2.85. The van der Waals surface area contributed by atoms with Gasteiger partial charge in [-0.15, -0.1) is 0 Å². The van der Waals surface area contributed by atoms with Gasteiger partial charge in [0.2, 0.25) is 0 Å². The van der Waals surface area contributed by atoms with E-state index in [1.165, 1.54) is 16.7 Å². The maximum absolute atomic E-state index is 13.4. The lowest BCUT2D eigenvalue weighted by Crippen LogP contribution is -2.15. The lowest BCUT2D eigenvalue weighted by molar-refractivity contribution is 0.0696. The average molecular weight is 279 g/mol. The molecule has 1 N–H and O–H groups in total. The van der Waals surface area contributed by atoms with Crippen LogP contribution in [0.4, 0.5) is 8.78 Å². The second-order valence-electron chi connectivity index (χ2n) is 4.40. The van der Waals surface area contributed by atoms with Gasteiger partial charge in [0.25, 0.3) is 0 Å². The molecule has 2 rings (SSSR count). The molecule has 104 valence electrons. The molecule has 1 aromatic carbocycles. The Morgan fingerprint density at radius 3 is 2.05 bits per heavy atom. The Morgan fingerprint density at radius 1 is 1.05 bits per heavy atom. The number of halogens is 2. The maximum atomic E-state index is 13.4. The number of benzene rings is 1. The van der Waals surface area contributed by atoms with Crippen LogP contribution in [0.1, 0.15) is 21.7 Å². The van der Waals surface area contributed by atoms with E-state index in [4.69, 9.17) is 5.11 Å². The summed E-state index contributed by atoms with van der Waals surface area (Å²) in [6.07, 6.45) is 0. The number of hydrogen-bond acceptors (Lipinski definition) is 2. The van der Waals surface area contributed by atoms with Gasteiger partial charge in [0.15, 0.2) is 17.1 Å². The van der Waals surface area contributed by atoms with E-state index in [0.717, 1.165) is 6.07 Å². The number of rotatable bonds is 2. The minimum atomic E-state index is -1.38. The summed E-state index contributed by atoms with van der Waals surface area (Å²) >= 11 is 0. The minimum Gasteiger partial charge on any atom is -0.478 e. The van der Waals surface area contributed by atoms with Crippen molar-refractivity contribution in [2.45, 2.75) is 13.8 Å². The highest BCUT2D eigenvalue weighted by Gasteiger charge is 2.18. The fraction of sp³-hybridized carbons (Fsp3) is 0.143. The first-order valence-corrected chi connectivity index (χ1v) is 5.74. The van der Waals surface area contributed by atoms with Crippen molar-refractivity contribution in [1.29, 1.82) is 0 Å². The molecule has 0 unspecified atom stereocenters. The Labute approximate surface area is 112 Å². The molecule has 20 heavy (non-hydrogen) atoms. The van der Waals surface area contributed by atoms with Gasteiger partial charge in [0.05, 0.1) is 11.3 Å². The van der Waals surface area contributed by atoms with Crippen LogP contribution in [0.25, 0.3) is 5.69 Å². The summed E-state index contributed by atoms with van der Waals surface area (Å²) in [5.41, 5.74) is 0.230. The predicted octanol–water partition coefficient (Wildman–Crippen LogP) is 2.43. The summed E-state index contributed by atoms with van der Waals surface area (Å²) < 4.78 is 28.0. The third-order valence-electron chi connectivity index (χ3n) is 2.92. The van der Waals surface area contributed by atoms with Gasteiger partial charge in [-0.25, -0.2) is 13.6 Å². The van der Waals surface area contributed by atoms with E-state index in [9.17, 15) is 18.4 Å². The lowest BCUT2D eigenvalue weighted by Gasteiger charge is -2.16. The predicted molar refractivity (Wildman–Crippen MR) is 68.4 cm³/mol. The number of carbonyl (C=O) groups is 1. The third kappa shape index (κ3) is 2.32. The molecule has 0 spiro atoms. The summed E-state index contributed by atoms with van der Waals surface area (Å²) in [7, 11) is 0. The molecule has 0 atom stereocenters. The average Bonchev–Trinajstić information content (AvgIpc) is 2.31. The first-order chi connectivity index (χ1) is 9.31. The zero-order valence-electron chi connectivity index (χ0n) is 10.8. The van der Waals surface area contributed by atoms with Crippen LogP contribution in [0.3, 0.4) is 0 Å². The number of hydrogen-bond donors (Lipinski definition) is 1. The molecule has 1 aromatic heterocycles. The van der Waals surface area contributed by atoms with Gasteiger partial charge in [-0.1, -0.05) is 0 Å². The van der Waals surface area contributed by atoms with Crippen LogP contribution < -0.4 is 5.43 Å². The quantitative estimate of drug-likeness (QED) is 0.918. The Hall–Kier alpha value is -2.50. The molecule has 0 amide bonds. The molecule has 0 aliphatic heterocycles. The highest BCUT2D eigenvalue weighted by atomic mass is 19.2. The highest BCUT2D eigenvalue weighted by molar-refractivity contribution is 5.92. The van der Waals surface area contributed by atoms with Gasteiger partial charge < -0.3 is 9.67 Å². The molecule has 0 saturated carbocycles. The fourth-order valence-electron chi connectivity index (χ4n) is 2.13. The van der Waals surface area contributed by atoms with Crippen molar-refractivity contribution < 1.29 is 18.7 Å². The van der Waals surface area contributed by atoms with Crippen LogP contribution >= 0.6 is 0 Å². The smallest absolute Gasteiger partial charge is 0.337 e. The van der Waals surface area contributed by atoms with Crippen LogP contribution in [0, 0.1) is 25.5 Å². The fourth-order valence-corrected chi connectivity index (χ4v) is 2.13. The molecule has 6 heteroatoms. The highest BCUT2D eigenvalue weighted by Crippen LogP contribution is 2.22. The Kier molecular flexibility index (Phi) is 3.40. The molecule has 0 aliphatic rings. The van der Waals surface area contributed by atoms with Crippen LogP contribution in [-0.2, 0) is 0 Å². The van der Waals surface area contributed by atoms with Crippen LogP contribution in [0.5, 0.6) is 0 Å². The number of aromatic carboxylic acids is 1. The number of pyridine rings is 1. The minimum absolute atomic E-state index is 0.0219. The van der Waals surface area contributed by atoms with Crippen LogP contribution in [0.2, 0.25) is 0 Å². The summed E-state index contributed by atoms with van der Waals surface area (Å²) in [5, 5.41) is 9.11. The zero-order valence-corrected chi connectivity index (χ0v) is 10.8. The van der Waals surface area contributed by atoms with E-state index in [2.05, 4.69) is 0 Å². The van der Waals surface area contributed by atoms with Gasteiger partial charge in [0, 0.05) is 29.6 Å². The maximum Gasteiger partial charge on any atom is 0.337 e. The van der Waals surface area contributed by atoms with Gasteiger partial charge in [-0.2, -0.15) is 0 Å². The molecule has 0 aliphatic carbocycles. The first kappa shape index (κ1) is 13.9. The molecule has 1 heterocycles. The van der Waals surface area contributed by atoms with E-state index in [0.29, 0.717) is 17.5 Å². The first-order valence-electron chi connectivity index (χ1n) is 5.74. The van der Waals surface area contributed by atoms with Crippen molar-refractivity contribution in [2.24, 2.45) is 0 Å². The van der Waals surface area contributed by atoms with Crippen molar-refractivity contribution in [3.05, 3.63) is 63.1 Å². The molecular formula is C14H11F2NO3. The molecule has 2 aromatic rings. The Bertz CT molecular complexity index is 739. The van der Waals surface area contributed by atoms with Gasteiger partial charge in [-0.3, -0.25) is 4.79 Å². The van der Waals surface area contributed by atoms with E-state index in [1.807, 2.05) is 0 Å². The molecule has 0 saturated heterocycles. The second kappa shape index (κ2) is 4.88. The second-order valence-corrected chi connectivity index (χ2v) is 4.40. The van der Waals surface area contributed by atoms with Crippen molar-refractivity contribution >= 4 is 5.97 Å². The van der Waals surface area contributed by atoms with E-state index < -0.39 is 17.6 Å². The SMILES string of the molecule is Cc1cc(=O)cc(C)n1-c1cc(F)c(F)cc1C(=O)O. The summed E-state index contributed by atoms with van der Waals surface area (Å²) in [6, 6.07) is 4.02. The van der Waals surface area contributed by atoms with Crippen molar-refractivity contribution in [1.82, 2.24) is 4.57 Å². The van der Waals surface area contributed by atoms with E-state index in [1.54, 1.807) is 13.8 Å².